The quantitative estimate of drug-likeness (QED) is 0.790. The van der Waals surface area contributed by atoms with Gasteiger partial charge in [0.15, 0.2) is 0 Å². The Kier molecular flexibility index (Phi) is 3.04. The van der Waals surface area contributed by atoms with E-state index in [-0.39, 0.29) is 11.3 Å². The van der Waals surface area contributed by atoms with Gasteiger partial charge in [0, 0.05) is 28.0 Å². The standard InChI is InChI=1S/C21H20N2O/c1-13-16-7-5-6-8-17(16)20(24)23(13)12-15-9-10-19-18(11-15)21(3,4)14(2)22-19/h5-11H,1,12H2,2-4H3. The summed E-state index contributed by atoms with van der Waals surface area (Å²) in [6.45, 7) is 11.1. The Morgan fingerprint density at radius 2 is 1.83 bits per heavy atom. The highest BCUT2D eigenvalue weighted by Crippen LogP contribution is 2.41. The maximum atomic E-state index is 12.7. The molecule has 0 bridgehead atoms. The number of nitrogens with zero attached hydrogens (tertiary/aromatic N) is 2. The lowest BCUT2D eigenvalue weighted by Gasteiger charge is -2.22. The summed E-state index contributed by atoms with van der Waals surface area (Å²) in [5, 5.41) is 0. The second-order valence-electron chi connectivity index (χ2n) is 7.06. The molecule has 1 amide bonds. The molecule has 0 saturated carbocycles. The third kappa shape index (κ3) is 1.97. The van der Waals surface area contributed by atoms with Gasteiger partial charge in [-0.25, -0.2) is 0 Å². The first-order chi connectivity index (χ1) is 11.4. The number of amides is 1. The number of carbonyl (C=O) groups is 1. The lowest BCUT2D eigenvalue weighted by molar-refractivity contribution is 0.0843. The molecule has 2 aromatic rings. The van der Waals surface area contributed by atoms with Crippen molar-refractivity contribution in [1.82, 2.24) is 4.90 Å². The molecule has 2 aliphatic rings. The molecule has 24 heavy (non-hydrogen) atoms. The summed E-state index contributed by atoms with van der Waals surface area (Å²) >= 11 is 0. The molecule has 0 aromatic heterocycles. The van der Waals surface area contributed by atoms with Gasteiger partial charge in [-0.15, -0.1) is 0 Å². The largest absolute Gasteiger partial charge is 0.304 e. The molecule has 0 fully saturated rings. The number of hydrogen-bond acceptors (Lipinski definition) is 2. The molecule has 120 valence electrons. The van der Waals surface area contributed by atoms with Gasteiger partial charge in [0.05, 0.1) is 12.2 Å². The Balaban J connectivity index is 1.66. The molecular formula is C21H20N2O. The first-order valence-electron chi connectivity index (χ1n) is 8.19. The Labute approximate surface area is 142 Å². The molecule has 0 N–H and O–H groups in total. The Hall–Kier alpha value is -2.68. The molecule has 0 radical (unpaired) electrons. The first-order valence-corrected chi connectivity index (χ1v) is 8.19. The molecular weight excluding hydrogens is 296 g/mol. The molecule has 4 rings (SSSR count). The van der Waals surface area contributed by atoms with Gasteiger partial charge in [0.25, 0.3) is 5.91 Å². The van der Waals surface area contributed by atoms with Gasteiger partial charge in [0.1, 0.15) is 0 Å². The summed E-state index contributed by atoms with van der Waals surface area (Å²) in [4.78, 5) is 19.1. The fourth-order valence-electron chi connectivity index (χ4n) is 3.48. The smallest absolute Gasteiger partial charge is 0.259 e. The van der Waals surface area contributed by atoms with E-state index in [0.29, 0.717) is 6.54 Å². The fraction of sp³-hybridized carbons (Fsp3) is 0.238. The van der Waals surface area contributed by atoms with E-state index in [9.17, 15) is 4.79 Å². The van der Waals surface area contributed by atoms with Crippen LogP contribution in [-0.4, -0.2) is 16.5 Å². The number of carbonyl (C=O) groups excluding carboxylic acids is 1. The average molecular weight is 316 g/mol. The van der Waals surface area contributed by atoms with Crippen molar-refractivity contribution in [2.45, 2.75) is 32.7 Å². The van der Waals surface area contributed by atoms with Crippen LogP contribution in [0.25, 0.3) is 5.70 Å². The van der Waals surface area contributed by atoms with E-state index in [1.54, 1.807) is 4.90 Å². The zero-order valence-corrected chi connectivity index (χ0v) is 14.3. The molecule has 2 heterocycles. The Morgan fingerprint density at radius 1 is 1.12 bits per heavy atom. The van der Waals surface area contributed by atoms with E-state index in [0.717, 1.165) is 33.8 Å². The highest BCUT2D eigenvalue weighted by Gasteiger charge is 2.34. The van der Waals surface area contributed by atoms with Crippen molar-refractivity contribution >= 4 is 23.0 Å². The van der Waals surface area contributed by atoms with Gasteiger partial charge in [0.2, 0.25) is 0 Å². The fourth-order valence-corrected chi connectivity index (χ4v) is 3.48. The minimum Gasteiger partial charge on any atom is -0.304 e. The van der Waals surface area contributed by atoms with Gasteiger partial charge < -0.3 is 4.90 Å². The van der Waals surface area contributed by atoms with Crippen LogP contribution in [0.1, 0.15) is 47.8 Å². The molecule has 0 unspecified atom stereocenters. The summed E-state index contributed by atoms with van der Waals surface area (Å²) in [5.74, 6) is 0.0304. The third-order valence-electron chi connectivity index (χ3n) is 5.31. The van der Waals surface area contributed by atoms with Gasteiger partial charge in [-0.05, 0) is 30.2 Å². The van der Waals surface area contributed by atoms with Crippen molar-refractivity contribution in [2.24, 2.45) is 4.99 Å². The normalized spacial score (nSPS) is 17.8. The summed E-state index contributed by atoms with van der Waals surface area (Å²) in [6, 6.07) is 14.0. The SMILES string of the molecule is C=C1c2ccccc2C(=O)N1Cc1ccc2c(c1)C(C)(C)C(C)=N2. The third-order valence-corrected chi connectivity index (χ3v) is 5.31. The minimum atomic E-state index is -0.0552. The average Bonchev–Trinajstić information content (AvgIpc) is 2.94. The number of hydrogen-bond donors (Lipinski definition) is 0. The monoisotopic (exact) mass is 316 g/mol. The topological polar surface area (TPSA) is 32.7 Å². The molecule has 0 spiro atoms. The van der Waals surface area contributed by atoms with Crippen molar-refractivity contribution in [3.63, 3.8) is 0 Å². The van der Waals surface area contributed by atoms with E-state index in [1.807, 2.05) is 24.3 Å². The lowest BCUT2D eigenvalue weighted by atomic mass is 9.81. The van der Waals surface area contributed by atoms with Gasteiger partial charge in [-0.3, -0.25) is 9.79 Å². The first kappa shape index (κ1) is 14.9. The highest BCUT2D eigenvalue weighted by molar-refractivity contribution is 6.08. The maximum Gasteiger partial charge on any atom is 0.259 e. The van der Waals surface area contributed by atoms with E-state index < -0.39 is 0 Å². The molecule has 3 nitrogen and oxygen atoms in total. The molecule has 2 aromatic carbocycles. The van der Waals surface area contributed by atoms with E-state index in [2.05, 4.69) is 50.5 Å². The van der Waals surface area contributed by atoms with Crippen molar-refractivity contribution in [2.75, 3.05) is 0 Å². The number of benzene rings is 2. The van der Waals surface area contributed by atoms with Crippen molar-refractivity contribution in [3.8, 4) is 0 Å². The van der Waals surface area contributed by atoms with Crippen molar-refractivity contribution in [3.05, 3.63) is 71.3 Å². The predicted octanol–water partition coefficient (Wildman–Crippen LogP) is 4.70. The summed E-state index contributed by atoms with van der Waals surface area (Å²) in [5.41, 5.74) is 6.90. The van der Waals surface area contributed by atoms with Crippen LogP contribution in [0.2, 0.25) is 0 Å². The van der Waals surface area contributed by atoms with Crippen LogP contribution >= 0.6 is 0 Å². The predicted molar refractivity (Wildman–Crippen MR) is 97.6 cm³/mol. The summed E-state index contributed by atoms with van der Waals surface area (Å²) < 4.78 is 0. The molecule has 2 aliphatic heterocycles. The lowest BCUT2D eigenvalue weighted by Crippen LogP contribution is -2.24. The molecule has 3 heteroatoms. The Morgan fingerprint density at radius 3 is 2.54 bits per heavy atom. The van der Waals surface area contributed by atoms with Crippen LogP contribution in [0.4, 0.5) is 5.69 Å². The van der Waals surface area contributed by atoms with Gasteiger partial charge in [-0.2, -0.15) is 0 Å². The van der Waals surface area contributed by atoms with Crippen molar-refractivity contribution in [1.29, 1.82) is 0 Å². The molecule has 0 atom stereocenters. The minimum absolute atomic E-state index is 0.0304. The van der Waals surface area contributed by atoms with E-state index >= 15 is 0 Å². The van der Waals surface area contributed by atoms with Gasteiger partial charge in [-0.1, -0.05) is 50.8 Å². The second kappa shape index (κ2) is 4.91. The number of aliphatic imine (C=N–C) groups is 1. The summed E-state index contributed by atoms with van der Waals surface area (Å²) in [6.07, 6.45) is 0. The Bertz CT molecular complexity index is 886. The van der Waals surface area contributed by atoms with Crippen LogP contribution < -0.4 is 0 Å². The highest BCUT2D eigenvalue weighted by atomic mass is 16.2. The van der Waals surface area contributed by atoms with Crippen LogP contribution in [0.5, 0.6) is 0 Å². The molecule has 0 aliphatic carbocycles. The van der Waals surface area contributed by atoms with Crippen LogP contribution in [-0.2, 0) is 12.0 Å². The van der Waals surface area contributed by atoms with E-state index in [1.165, 1.54) is 5.56 Å². The van der Waals surface area contributed by atoms with Crippen LogP contribution in [0.3, 0.4) is 0 Å². The molecule has 0 saturated heterocycles. The number of rotatable bonds is 2. The zero-order valence-electron chi connectivity index (χ0n) is 14.3. The van der Waals surface area contributed by atoms with E-state index in [4.69, 9.17) is 0 Å². The van der Waals surface area contributed by atoms with Crippen LogP contribution in [0.15, 0.2) is 54.0 Å². The maximum absolute atomic E-state index is 12.7. The van der Waals surface area contributed by atoms with Crippen molar-refractivity contribution < 1.29 is 4.79 Å². The zero-order chi connectivity index (χ0) is 17.1. The number of fused-ring (bicyclic) bond motifs is 2. The summed E-state index contributed by atoms with van der Waals surface area (Å²) in [7, 11) is 0. The second-order valence-corrected chi connectivity index (χ2v) is 7.06. The van der Waals surface area contributed by atoms with Crippen LogP contribution in [0, 0.1) is 0 Å². The van der Waals surface area contributed by atoms with Gasteiger partial charge >= 0.3 is 0 Å².